The molecular weight excluding hydrogens is 176 g/mol. The molecule has 0 saturated carbocycles. The van der Waals surface area contributed by atoms with Crippen molar-refractivity contribution in [3.63, 3.8) is 0 Å². The van der Waals surface area contributed by atoms with E-state index >= 15 is 0 Å². The highest BCUT2D eigenvalue weighted by Crippen LogP contribution is 1.65. The Labute approximate surface area is 91.7 Å². The second kappa shape index (κ2) is 38.9. The van der Waals surface area contributed by atoms with Crippen molar-refractivity contribution in [1.82, 2.24) is 0 Å². The van der Waals surface area contributed by atoms with Gasteiger partial charge in [0.1, 0.15) is 5.78 Å². The summed E-state index contributed by atoms with van der Waals surface area (Å²) in [7, 11) is 0. The molecule has 0 fully saturated rings. The van der Waals surface area contributed by atoms with Crippen molar-refractivity contribution < 1.29 is 9.90 Å². The van der Waals surface area contributed by atoms with Crippen molar-refractivity contribution in [1.29, 1.82) is 0 Å². The molecule has 0 atom stereocenters. The van der Waals surface area contributed by atoms with E-state index in [-0.39, 0.29) is 19.3 Å². The summed E-state index contributed by atoms with van der Waals surface area (Å²) in [4.78, 5) is 9.44. The van der Waals surface area contributed by atoms with Gasteiger partial charge in [-0.1, -0.05) is 41.5 Å². The largest absolute Gasteiger partial charge is 0.394 e. The van der Waals surface area contributed by atoms with E-state index in [1.165, 1.54) is 20.3 Å². The van der Waals surface area contributed by atoms with Gasteiger partial charge in [0, 0.05) is 6.10 Å². The third-order valence-corrected chi connectivity index (χ3v) is 0. The SMILES string of the molecule is C.CC.CC(C)=O.CC(C)O.CCC. The number of Topliss-reactive ketones (excluding diaryl/α,β-unsaturated/α-hetero) is 1. The predicted octanol–water partition coefficient (Wildman–Crippen LogP) is 4.06. The topological polar surface area (TPSA) is 37.3 Å². The van der Waals surface area contributed by atoms with E-state index in [4.69, 9.17) is 5.11 Å². The van der Waals surface area contributed by atoms with Gasteiger partial charge >= 0.3 is 0 Å². The minimum absolute atomic E-state index is 0. The van der Waals surface area contributed by atoms with E-state index < -0.39 is 0 Å². The second-order valence-corrected chi connectivity index (χ2v) is 2.71. The Morgan fingerprint density at radius 2 is 1.14 bits per heavy atom. The summed E-state index contributed by atoms with van der Waals surface area (Å²) >= 11 is 0. The van der Waals surface area contributed by atoms with Crippen LogP contribution in [0.5, 0.6) is 0 Å². The van der Waals surface area contributed by atoms with Crippen LogP contribution in [0.15, 0.2) is 0 Å². The quantitative estimate of drug-likeness (QED) is 0.652. The maximum Gasteiger partial charge on any atom is 0.126 e. The van der Waals surface area contributed by atoms with Crippen molar-refractivity contribution in [3.8, 4) is 0 Å². The van der Waals surface area contributed by atoms with Crippen LogP contribution in [0.2, 0.25) is 0 Å². The second-order valence-electron chi connectivity index (χ2n) is 2.71. The lowest BCUT2D eigenvalue weighted by Gasteiger charge is -1.80. The summed E-state index contributed by atoms with van der Waals surface area (Å²) in [5.74, 6) is 0.167. The Hall–Kier alpha value is -0.370. The first kappa shape index (κ1) is 29.2. The molecule has 0 rings (SSSR count). The third kappa shape index (κ3) is 9600. The standard InChI is InChI=1S/C3H8O.C3H6O.C3H8.C2H6.CH4/c2*1-3(2)4;1-3-2;1-2;/h3-4H,1-2H3;1-2H3;3H2,1-2H3;1-2H3;1H4. The van der Waals surface area contributed by atoms with Crippen LogP contribution in [0.4, 0.5) is 0 Å². The minimum atomic E-state index is -0.167. The van der Waals surface area contributed by atoms with Gasteiger partial charge in [-0.2, -0.15) is 0 Å². The first-order chi connectivity index (χ1) is 5.88. The number of rotatable bonds is 0. The van der Waals surface area contributed by atoms with E-state index in [1.807, 2.05) is 13.8 Å². The molecule has 0 unspecified atom stereocenters. The van der Waals surface area contributed by atoms with Gasteiger partial charge in [0.15, 0.2) is 0 Å². The summed E-state index contributed by atoms with van der Waals surface area (Å²) in [6.07, 6.45) is 1.08. The van der Waals surface area contributed by atoms with Crippen LogP contribution in [0, 0.1) is 0 Å². The number of aliphatic hydroxyl groups excluding tert-OH is 1. The van der Waals surface area contributed by atoms with Crippen LogP contribution in [0.1, 0.15) is 69.2 Å². The first-order valence-corrected chi connectivity index (χ1v) is 5.03. The summed E-state index contributed by atoms with van der Waals surface area (Å²) in [6, 6.07) is 0. The highest BCUT2D eigenvalue weighted by molar-refractivity contribution is 5.72. The zero-order valence-electron chi connectivity index (χ0n) is 10.6. The highest BCUT2D eigenvalue weighted by Gasteiger charge is 1.69. The van der Waals surface area contributed by atoms with E-state index in [9.17, 15) is 4.79 Å². The molecule has 0 bridgehead atoms. The molecule has 0 aromatic carbocycles. The minimum Gasteiger partial charge on any atom is -0.394 e. The third-order valence-electron chi connectivity index (χ3n) is 0. The molecule has 14 heavy (non-hydrogen) atoms. The van der Waals surface area contributed by atoms with Gasteiger partial charge in [-0.3, -0.25) is 0 Å². The highest BCUT2D eigenvalue weighted by atomic mass is 16.3. The van der Waals surface area contributed by atoms with E-state index in [0.29, 0.717) is 0 Å². The molecule has 0 aromatic heterocycles. The Morgan fingerprint density at radius 3 is 1.14 bits per heavy atom. The maximum atomic E-state index is 9.44. The fourth-order valence-electron chi connectivity index (χ4n) is 0. The fraction of sp³-hybridized carbons (Fsp3) is 0.917. The zero-order valence-corrected chi connectivity index (χ0v) is 10.6. The summed E-state index contributed by atoms with van der Waals surface area (Å²) in [5, 5.41) is 8.06. The van der Waals surface area contributed by atoms with Crippen molar-refractivity contribution in [2.75, 3.05) is 0 Å². The Bertz CT molecular complexity index is 62.0. The molecule has 0 aliphatic rings. The number of hydrogen-bond donors (Lipinski definition) is 1. The van der Waals surface area contributed by atoms with Gasteiger partial charge in [0.2, 0.25) is 0 Å². The fourth-order valence-corrected chi connectivity index (χ4v) is 0. The zero-order chi connectivity index (χ0) is 11.9. The summed E-state index contributed by atoms with van der Waals surface area (Å²) < 4.78 is 0. The van der Waals surface area contributed by atoms with Crippen LogP contribution in [0.3, 0.4) is 0 Å². The molecule has 2 heteroatoms. The molecule has 0 aliphatic heterocycles. The smallest absolute Gasteiger partial charge is 0.126 e. The van der Waals surface area contributed by atoms with Gasteiger partial charge in [-0.15, -0.1) is 0 Å². The van der Waals surface area contributed by atoms with Crippen LogP contribution in [-0.2, 0) is 4.79 Å². The van der Waals surface area contributed by atoms with E-state index in [2.05, 4.69) is 13.8 Å². The number of hydrogen-bond acceptors (Lipinski definition) is 2. The molecule has 0 amide bonds. The number of carbonyl (C=O) groups excluding carboxylic acids is 1. The molecule has 0 heterocycles. The molecule has 0 spiro atoms. The van der Waals surface area contributed by atoms with E-state index in [0.717, 1.165) is 0 Å². The van der Waals surface area contributed by atoms with Gasteiger partial charge < -0.3 is 9.90 Å². The van der Waals surface area contributed by atoms with Gasteiger partial charge in [-0.05, 0) is 27.7 Å². The van der Waals surface area contributed by atoms with E-state index in [1.54, 1.807) is 13.8 Å². The average molecular weight is 208 g/mol. The van der Waals surface area contributed by atoms with Crippen LogP contribution < -0.4 is 0 Å². The molecule has 0 radical (unpaired) electrons. The summed E-state index contributed by atoms with van der Waals surface area (Å²) in [5.41, 5.74) is 0. The monoisotopic (exact) mass is 208 g/mol. The first-order valence-electron chi connectivity index (χ1n) is 5.03. The number of ketones is 1. The molecule has 0 aromatic rings. The number of carbonyl (C=O) groups is 1. The summed E-state index contributed by atoms with van der Waals surface area (Å²) in [6.45, 7) is 14.8. The van der Waals surface area contributed by atoms with Crippen molar-refractivity contribution in [2.45, 2.75) is 75.3 Å². The molecule has 0 saturated heterocycles. The molecule has 92 valence electrons. The Kier molecular flexibility index (Phi) is 81.0. The maximum absolute atomic E-state index is 9.44. The lowest BCUT2D eigenvalue weighted by Crippen LogP contribution is -1.85. The van der Waals surface area contributed by atoms with Gasteiger partial charge in [-0.25, -0.2) is 0 Å². The van der Waals surface area contributed by atoms with Crippen molar-refractivity contribution >= 4 is 5.78 Å². The lowest BCUT2D eigenvalue weighted by atomic mass is 10.5. The average Bonchev–Trinajstić information content (AvgIpc) is 1.89. The lowest BCUT2D eigenvalue weighted by molar-refractivity contribution is -0.114. The van der Waals surface area contributed by atoms with Crippen LogP contribution in [-0.4, -0.2) is 17.0 Å². The predicted molar refractivity (Wildman–Crippen MR) is 67.8 cm³/mol. The molecule has 2 nitrogen and oxygen atoms in total. The Balaban J connectivity index is -0.0000000260. The van der Waals surface area contributed by atoms with Crippen molar-refractivity contribution in [3.05, 3.63) is 0 Å². The molecular formula is C12H32O2. The van der Waals surface area contributed by atoms with Crippen molar-refractivity contribution in [2.24, 2.45) is 0 Å². The van der Waals surface area contributed by atoms with Gasteiger partial charge in [0.05, 0.1) is 0 Å². The Morgan fingerprint density at radius 1 is 1.14 bits per heavy atom. The van der Waals surface area contributed by atoms with Crippen LogP contribution in [0.25, 0.3) is 0 Å². The number of aliphatic hydroxyl groups is 1. The normalized spacial score (nSPS) is 6.14. The molecule has 0 aliphatic carbocycles. The molecule has 1 N–H and O–H groups in total. The van der Waals surface area contributed by atoms with Gasteiger partial charge in [0.25, 0.3) is 0 Å². The van der Waals surface area contributed by atoms with Crippen LogP contribution >= 0.6 is 0 Å².